The van der Waals surface area contributed by atoms with E-state index in [0.717, 1.165) is 17.5 Å². The van der Waals surface area contributed by atoms with Crippen LogP contribution in [-0.4, -0.2) is 17.8 Å². The van der Waals surface area contributed by atoms with Gasteiger partial charge in [-0.25, -0.2) is 4.79 Å². The van der Waals surface area contributed by atoms with Crippen LogP contribution in [0, 0.1) is 0 Å². The van der Waals surface area contributed by atoms with Gasteiger partial charge in [0.15, 0.2) is 0 Å². The minimum atomic E-state index is -0.499. The monoisotopic (exact) mass is 277 g/mol. The summed E-state index contributed by atoms with van der Waals surface area (Å²) in [6, 6.07) is 7.90. The van der Waals surface area contributed by atoms with Gasteiger partial charge in [0.1, 0.15) is 5.60 Å². The van der Waals surface area contributed by atoms with Gasteiger partial charge in [-0.2, -0.15) is 0 Å². The molecular formula is C16H23NO3. The number of nitrogens with one attached hydrogen (secondary N) is 1. The van der Waals surface area contributed by atoms with E-state index in [1.54, 1.807) is 0 Å². The lowest BCUT2D eigenvalue weighted by molar-refractivity contribution is -0.00905. The Balaban J connectivity index is 2.17. The molecule has 1 N–H and O–H groups in total. The number of hydrogen-bond acceptors (Lipinski definition) is 3. The zero-order chi connectivity index (χ0) is 14.8. The van der Waals surface area contributed by atoms with Crippen molar-refractivity contribution in [3.8, 4) is 0 Å². The maximum absolute atomic E-state index is 12.0. The Bertz CT molecular complexity index is 479. The highest BCUT2D eigenvalue weighted by Gasteiger charge is 2.31. The number of fused-ring (bicyclic) bond motifs is 1. The highest BCUT2D eigenvalue weighted by molar-refractivity contribution is 5.68. The zero-order valence-electron chi connectivity index (χ0n) is 12.6. The maximum Gasteiger partial charge on any atom is 0.408 e. The molecule has 0 aromatic heterocycles. The second kappa shape index (κ2) is 5.83. The molecule has 2 atom stereocenters. The molecule has 1 aromatic rings. The molecular weight excluding hydrogens is 254 g/mol. The first-order chi connectivity index (χ1) is 9.40. The van der Waals surface area contributed by atoms with Crippen molar-refractivity contribution in [1.29, 1.82) is 0 Å². The molecule has 0 fully saturated rings. The fraction of sp³-hybridized carbons (Fsp3) is 0.562. The van der Waals surface area contributed by atoms with E-state index in [4.69, 9.17) is 9.47 Å². The zero-order valence-corrected chi connectivity index (χ0v) is 12.6. The first-order valence-electron chi connectivity index (χ1n) is 7.09. The lowest BCUT2D eigenvalue weighted by Gasteiger charge is -2.34. The molecule has 0 radical (unpaired) electrons. The summed E-state index contributed by atoms with van der Waals surface area (Å²) in [5.74, 6) is 0. The van der Waals surface area contributed by atoms with Gasteiger partial charge in [0, 0.05) is 0 Å². The maximum atomic E-state index is 12.0. The average molecular weight is 277 g/mol. The van der Waals surface area contributed by atoms with Crippen molar-refractivity contribution < 1.29 is 14.3 Å². The second-order valence-corrected chi connectivity index (χ2v) is 6.08. The van der Waals surface area contributed by atoms with Crippen molar-refractivity contribution >= 4 is 6.09 Å². The van der Waals surface area contributed by atoms with Crippen LogP contribution < -0.4 is 5.32 Å². The number of benzene rings is 1. The molecule has 0 unspecified atom stereocenters. The van der Waals surface area contributed by atoms with E-state index < -0.39 is 11.7 Å². The fourth-order valence-corrected chi connectivity index (χ4v) is 2.42. The number of carbonyl (C=O) groups excluding carboxylic acids is 1. The third-order valence-corrected chi connectivity index (χ3v) is 3.29. The van der Waals surface area contributed by atoms with Crippen molar-refractivity contribution in [1.82, 2.24) is 5.32 Å². The van der Waals surface area contributed by atoms with Crippen LogP contribution in [0.2, 0.25) is 0 Å². The largest absolute Gasteiger partial charge is 0.444 e. The summed E-state index contributed by atoms with van der Waals surface area (Å²) in [6.07, 6.45) is 0.424. The van der Waals surface area contributed by atoms with Crippen LogP contribution in [0.15, 0.2) is 24.3 Å². The highest BCUT2D eigenvalue weighted by Crippen LogP contribution is 2.31. The Morgan fingerprint density at radius 3 is 2.75 bits per heavy atom. The van der Waals surface area contributed by atoms with Gasteiger partial charge < -0.3 is 14.8 Å². The topological polar surface area (TPSA) is 47.6 Å². The summed E-state index contributed by atoms with van der Waals surface area (Å²) >= 11 is 0. The van der Waals surface area contributed by atoms with Gasteiger partial charge in [-0.1, -0.05) is 31.2 Å². The first kappa shape index (κ1) is 14.9. The van der Waals surface area contributed by atoms with E-state index in [2.05, 4.69) is 12.2 Å². The predicted molar refractivity (Wildman–Crippen MR) is 77.4 cm³/mol. The molecule has 1 aliphatic heterocycles. The standard InChI is InChI=1S/C16H23NO3/c1-5-13-14(17-15(18)20-16(2,3)4)12-9-7-6-8-11(12)10-19-13/h6-9,13-14H,5,10H2,1-4H3,(H,17,18)/t13-,14-/m0/s1. The molecule has 0 aliphatic carbocycles. The van der Waals surface area contributed by atoms with Crippen molar-refractivity contribution in [2.24, 2.45) is 0 Å². The van der Waals surface area contributed by atoms with Crippen molar-refractivity contribution in [3.05, 3.63) is 35.4 Å². The van der Waals surface area contributed by atoms with Crippen LogP contribution >= 0.6 is 0 Å². The third kappa shape index (κ3) is 3.51. The SMILES string of the molecule is CC[C@@H]1OCc2ccccc2[C@@H]1NC(=O)OC(C)(C)C. The molecule has 20 heavy (non-hydrogen) atoms. The van der Waals surface area contributed by atoms with Gasteiger partial charge in [-0.05, 0) is 38.3 Å². The fourth-order valence-electron chi connectivity index (χ4n) is 2.42. The van der Waals surface area contributed by atoms with E-state index in [0.29, 0.717) is 6.61 Å². The summed E-state index contributed by atoms with van der Waals surface area (Å²) < 4.78 is 11.2. The molecule has 1 aromatic carbocycles. The van der Waals surface area contributed by atoms with Gasteiger partial charge in [-0.15, -0.1) is 0 Å². The minimum Gasteiger partial charge on any atom is -0.444 e. The number of amides is 1. The Labute approximate surface area is 120 Å². The molecule has 0 saturated heterocycles. The third-order valence-electron chi connectivity index (χ3n) is 3.29. The molecule has 0 spiro atoms. The molecule has 4 nitrogen and oxygen atoms in total. The predicted octanol–water partition coefficient (Wildman–Crippen LogP) is 3.56. The van der Waals surface area contributed by atoms with Crippen LogP contribution in [0.4, 0.5) is 4.79 Å². The molecule has 110 valence electrons. The van der Waals surface area contributed by atoms with Crippen molar-refractivity contribution in [2.75, 3.05) is 0 Å². The molecule has 1 heterocycles. The van der Waals surface area contributed by atoms with Crippen LogP contribution in [-0.2, 0) is 16.1 Å². The normalized spacial score (nSPS) is 22.0. The molecule has 2 rings (SSSR count). The van der Waals surface area contributed by atoms with Gasteiger partial charge in [-0.3, -0.25) is 0 Å². The molecule has 0 bridgehead atoms. The van der Waals surface area contributed by atoms with E-state index >= 15 is 0 Å². The molecule has 0 saturated carbocycles. The number of ether oxygens (including phenoxy) is 2. The van der Waals surface area contributed by atoms with Gasteiger partial charge >= 0.3 is 6.09 Å². The first-order valence-corrected chi connectivity index (χ1v) is 7.09. The highest BCUT2D eigenvalue weighted by atomic mass is 16.6. The van der Waals surface area contributed by atoms with E-state index in [-0.39, 0.29) is 12.1 Å². The summed E-state index contributed by atoms with van der Waals surface area (Å²) in [7, 11) is 0. The Kier molecular flexibility index (Phi) is 4.33. The van der Waals surface area contributed by atoms with E-state index in [1.165, 1.54) is 0 Å². The van der Waals surface area contributed by atoms with E-state index in [9.17, 15) is 4.79 Å². The summed E-state index contributed by atoms with van der Waals surface area (Å²) in [5.41, 5.74) is 1.75. The summed E-state index contributed by atoms with van der Waals surface area (Å²) in [5, 5.41) is 2.95. The van der Waals surface area contributed by atoms with Crippen LogP contribution in [0.3, 0.4) is 0 Å². The van der Waals surface area contributed by atoms with Crippen molar-refractivity contribution in [2.45, 2.75) is 58.5 Å². The lowest BCUT2D eigenvalue weighted by Crippen LogP contribution is -2.42. The second-order valence-electron chi connectivity index (χ2n) is 6.08. The Hall–Kier alpha value is -1.55. The average Bonchev–Trinajstić information content (AvgIpc) is 2.37. The molecule has 1 aliphatic rings. The van der Waals surface area contributed by atoms with Crippen LogP contribution in [0.25, 0.3) is 0 Å². The quantitative estimate of drug-likeness (QED) is 0.899. The van der Waals surface area contributed by atoms with Gasteiger partial charge in [0.2, 0.25) is 0 Å². The van der Waals surface area contributed by atoms with E-state index in [1.807, 2.05) is 45.0 Å². The summed E-state index contributed by atoms with van der Waals surface area (Å²) in [4.78, 5) is 12.0. The lowest BCUT2D eigenvalue weighted by atomic mass is 9.93. The van der Waals surface area contributed by atoms with Gasteiger partial charge in [0.05, 0.1) is 18.8 Å². The van der Waals surface area contributed by atoms with Crippen molar-refractivity contribution in [3.63, 3.8) is 0 Å². The number of carbonyl (C=O) groups is 1. The number of alkyl carbamates (subject to hydrolysis) is 1. The minimum absolute atomic E-state index is 0.0163. The Morgan fingerprint density at radius 2 is 2.10 bits per heavy atom. The Morgan fingerprint density at radius 1 is 1.40 bits per heavy atom. The molecule has 4 heteroatoms. The van der Waals surface area contributed by atoms with Gasteiger partial charge in [0.25, 0.3) is 0 Å². The number of hydrogen-bond donors (Lipinski definition) is 1. The van der Waals surface area contributed by atoms with Crippen LogP contribution in [0.1, 0.15) is 51.3 Å². The summed E-state index contributed by atoms with van der Waals surface area (Å²) in [6.45, 7) is 8.23. The molecule has 1 amide bonds. The van der Waals surface area contributed by atoms with Crippen LogP contribution in [0.5, 0.6) is 0 Å². The smallest absolute Gasteiger partial charge is 0.408 e. The number of rotatable bonds is 2.